The average molecular weight is 1080 g/mol. The van der Waals surface area contributed by atoms with Gasteiger partial charge in [0.1, 0.15) is 13.1 Å². The number of primary amides is 1. The number of amides is 4. The fraction of sp³-hybridized carbons (Fsp3) is 0.526. The van der Waals surface area contributed by atoms with E-state index in [2.05, 4.69) is 73.6 Å². The van der Waals surface area contributed by atoms with E-state index in [1.807, 2.05) is 6.79 Å². The van der Waals surface area contributed by atoms with Gasteiger partial charge in [-0.1, -0.05) is 14.9 Å². The van der Waals surface area contributed by atoms with E-state index in [-0.39, 0.29) is 93.7 Å². The van der Waals surface area contributed by atoms with E-state index in [9.17, 15) is 33.3 Å². The molecule has 0 aromatic rings. The standard InChI is InChI=1S/C4H6N2O2.C4H7NO3.C3H8NO5P.C2H5NO.C2H4O2.CH2O.CO.2CH4.3HI.H3N.H2O.V/c7-3-1-5-4(8)2-6-3;1-3(6)5-2-4(7)8;5-3(6)1-4-2-10(7,8)9;2*1-2(3)4;2*1-2;;;;;;;;/h1-2H2,(H,5,8)(H,6,7);2H2,1H3,(H,5,6)(H,7,8);4H,1-2H2,(H,5,6)(H2,7,8,9);1H3,(H2,3,4);1H3,(H,3,4);1H2;;2*1H4;3*1H;1H3;1H2;/q;;;;;;;;;;;;;;+2/p-1. The Labute approximate surface area is 312 Å². The van der Waals surface area contributed by atoms with Crippen LogP contribution < -0.4 is 33.2 Å². The summed E-state index contributed by atoms with van der Waals surface area (Å²) < 4.78 is 17.7. The summed E-state index contributed by atoms with van der Waals surface area (Å²) in [6, 6.07) is 0. The van der Waals surface area contributed by atoms with Crippen LogP contribution in [0.3, 0.4) is 0 Å². The molecule has 0 saturated carbocycles. The van der Waals surface area contributed by atoms with Crippen molar-refractivity contribution in [2.75, 3.05) is 32.5 Å². The predicted molar refractivity (Wildman–Crippen MR) is 190 cm³/mol. The molecule has 22 nitrogen and oxygen atoms in total. The van der Waals surface area contributed by atoms with Crippen molar-refractivity contribution in [1.29, 1.82) is 0 Å². The second-order valence-electron chi connectivity index (χ2n) is 5.76. The van der Waals surface area contributed by atoms with Gasteiger partial charge in [-0.15, -0.1) is 24.0 Å². The smallest absolute Gasteiger partial charge is 0.870 e. The Morgan fingerprint density at radius 2 is 1.28 bits per heavy atom. The van der Waals surface area contributed by atoms with Crippen molar-refractivity contribution in [3.63, 3.8) is 0 Å². The molecule has 1 atom stereocenters. The third-order valence-corrected chi connectivity index (χ3v) is 2.64. The van der Waals surface area contributed by atoms with Crippen LogP contribution in [0.1, 0.15) is 35.6 Å². The number of carboxylic acid groups (broad SMARTS) is 2. The number of nitrogens with one attached hydrogen (secondary N) is 4. The first-order chi connectivity index (χ1) is 18.7. The number of rotatable bonds is 6. The minimum absolute atomic E-state index is 0. The van der Waals surface area contributed by atoms with Crippen molar-refractivity contribution in [1.82, 2.24) is 27.4 Å². The van der Waals surface area contributed by atoms with Crippen LogP contribution in [0.2, 0.25) is 0 Å². The molecule has 0 spiro atoms. The fourth-order valence-electron chi connectivity index (χ4n) is 1.00. The molecule has 1 aliphatic heterocycles. The van der Waals surface area contributed by atoms with E-state index >= 15 is 0 Å². The molecular weight excluding hydrogens is 1030 g/mol. The minimum atomic E-state index is -3.85. The molecule has 0 bridgehead atoms. The number of nitrogens with two attached hydrogens (primary N) is 1. The van der Waals surface area contributed by atoms with Crippen molar-refractivity contribution in [2.24, 2.45) is 5.73 Å². The second-order valence-corrected chi connectivity index (χ2v) is 19.3. The average Bonchev–Trinajstić information content (AvgIpc) is 2.82. The van der Waals surface area contributed by atoms with Crippen molar-refractivity contribution < 1.29 is 87.6 Å². The summed E-state index contributed by atoms with van der Waals surface area (Å²) in [4.78, 5) is 91.1. The monoisotopic (exact) mass is 1080 g/mol. The molecule has 27 heteroatoms. The van der Waals surface area contributed by atoms with Crippen LogP contribution in [0.5, 0.6) is 0 Å². The van der Waals surface area contributed by atoms with E-state index in [0.717, 1.165) is 6.92 Å². The van der Waals surface area contributed by atoms with Gasteiger partial charge in [0, 0.05) is 25.6 Å². The number of carbonyl (C=O) groups excluding carboxylic acids is 6. The number of hydrogen-bond acceptors (Lipinski definition) is 12. The molecule has 46 heavy (non-hydrogen) atoms. The van der Waals surface area contributed by atoms with Gasteiger partial charge < -0.3 is 58.3 Å². The first-order valence-electron chi connectivity index (χ1n) is 9.60. The number of carboxylic acids is 2. The van der Waals surface area contributed by atoms with Gasteiger partial charge in [0.25, 0.3) is 5.97 Å². The SMILES string of the molecule is C.C.C=O.CC(=O)NCC(=O)[OH2+].CC(=O)O.CC(N)=O.I.N.O=C(O)CNCP(=O)(O)[OH2+].O=C1CNC(=O)CN1.[C-]#[O+].[I][V][I].[OH-]. The summed E-state index contributed by atoms with van der Waals surface area (Å²) >= 11 is 4.74. The Balaban J connectivity index is -0.0000000299. The van der Waals surface area contributed by atoms with Gasteiger partial charge in [-0.2, -0.15) is 0 Å². The van der Waals surface area contributed by atoms with Crippen LogP contribution in [0, 0.1) is 6.65 Å². The van der Waals surface area contributed by atoms with Gasteiger partial charge in [-0.3, -0.25) is 39.0 Å². The molecule has 1 aliphatic rings. The first-order valence-corrected chi connectivity index (χ1v) is 20.5. The third-order valence-electron chi connectivity index (χ3n) is 1.99. The topological polar surface area (TPSA) is 419 Å². The molecule has 1 heterocycles. The Kier molecular flexibility index (Phi) is 108. The summed E-state index contributed by atoms with van der Waals surface area (Å²) in [7, 11) is -3.22. The number of aliphatic carboxylic acids is 2. The zero-order valence-electron chi connectivity index (χ0n) is 23.5. The Morgan fingerprint density at radius 3 is 1.41 bits per heavy atom. The molecule has 0 aromatic heterocycles. The minimum Gasteiger partial charge on any atom is -0.870 e. The van der Waals surface area contributed by atoms with Crippen molar-refractivity contribution in [3.05, 3.63) is 6.65 Å². The molecule has 1 unspecified atom stereocenters. The van der Waals surface area contributed by atoms with Gasteiger partial charge in [-0.05, 0) is 0 Å². The Bertz CT molecular complexity index is 780. The summed E-state index contributed by atoms with van der Waals surface area (Å²) in [6.07, 6.45) is -0.487. The summed E-state index contributed by atoms with van der Waals surface area (Å²) in [5.41, 5.74) is 4.47. The van der Waals surface area contributed by atoms with Gasteiger partial charge >= 0.3 is 80.3 Å². The molecule has 17 N–H and O–H groups in total. The van der Waals surface area contributed by atoms with Crippen molar-refractivity contribution in [2.45, 2.75) is 35.6 Å². The van der Waals surface area contributed by atoms with E-state index in [1.54, 1.807) is 0 Å². The number of carbonyl (C=O) groups is 8. The molecular formula is C19H47I3N6O16PV+. The molecule has 1 saturated heterocycles. The predicted octanol–water partition coefficient (Wildman–Crippen LogP) is -1.86. The van der Waals surface area contributed by atoms with Crippen molar-refractivity contribution in [3.8, 4) is 0 Å². The van der Waals surface area contributed by atoms with Crippen LogP contribution >= 0.6 is 71.5 Å². The fourth-order valence-corrected chi connectivity index (χ4v) is 1.42. The van der Waals surface area contributed by atoms with Crippen LogP contribution in [0.25, 0.3) is 0 Å². The number of halogens is 3. The normalized spacial score (nSPS) is 9.85. The molecule has 4 amide bonds. The zero-order valence-corrected chi connectivity index (χ0v) is 32.4. The van der Waals surface area contributed by atoms with Gasteiger partial charge in [0.2, 0.25) is 23.6 Å². The molecule has 1 fully saturated rings. The summed E-state index contributed by atoms with van der Waals surface area (Å²) in [5, 5.41) is 30.8. The molecule has 1 rings (SSSR count). The molecule has 0 aliphatic carbocycles. The Hall–Kier alpha value is -1.50. The van der Waals surface area contributed by atoms with Gasteiger partial charge in [0.15, 0.2) is 6.54 Å². The quantitative estimate of drug-likeness (QED) is 0.0610. The maximum atomic E-state index is 10.3. The summed E-state index contributed by atoms with van der Waals surface area (Å²) in [6.45, 7) is 9.85. The molecule has 0 radical (unpaired) electrons. The third kappa shape index (κ3) is 174. The van der Waals surface area contributed by atoms with Crippen LogP contribution in [-0.4, -0.2) is 111 Å². The van der Waals surface area contributed by atoms with E-state index in [1.165, 1.54) is 13.8 Å². The van der Waals surface area contributed by atoms with Crippen LogP contribution in [-0.2, 0) is 57.0 Å². The molecule has 279 valence electrons. The van der Waals surface area contributed by atoms with Crippen molar-refractivity contribution >= 4 is 120 Å². The van der Waals surface area contributed by atoms with Gasteiger partial charge in [0.05, 0.1) is 19.6 Å². The van der Waals surface area contributed by atoms with Gasteiger partial charge in [-0.25, -0.2) is 4.57 Å². The van der Waals surface area contributed by atoms with Crippen LogP contribution in [0.15, 0.2) is 0 Å². The largest absolute Gasteiger partial charge is 0.870 e. The maximum absolute atomic E-state index is 10.3. The van der Waals surface area contributed by atoms with E-state index in [0.29, 0.717) is 9.47 Å². The second kappa shape index (κ2) is 62.4. The number of piperazine rings is 1. The zero-order chi connectivity index (χ0) is 34.6. The first kappa shape index (κ1) is 79.7. The molecule has 0 aromatic carbocycles. The number of hydrogen-bond donors (Lipinski definition) is 9. The Morgan fingerprint density at radius 1 is 1.02 bits per heavy atom. The maximum Gasteiger partial charge on any atom is -0.870 e. The van der Waals surface area contributed by atoms with E-state index in [4.69, 9.17) is 39.3 Å². The van der Waals surface area contributed by atoms with Crippen LogP contribution in [0.4, 0.5) is 0 Å². The summed E-state index contributed by atoms with van der Waals surface area (Å²) in [5.74, 6) is -3.59. The van der Waals surface area contributed by atoms with E-state index < -0.39 is 38.3 Å².